The van der Waals surface area contributed by atoms with E-state index >= 15 is 0 Å². The van der Waals surface area contributed by atoms with Crippen molar-refractivity contribution in [2.75, 3.05) is 0 Å². The quantitative estimate of drug-likeness (QED) is 0.799. The molecule has 1 heterocycles. The van der Waals surface area contributed by atoms with Crippen molar-refractivity contribution in [2.24, 2.45) is 0 Å². The van der Waals surface area contributed by atoms with Gasteiger partial charge in [-0.3, -0.25) is 9.89 Å². The number of amides is 1. The third kappa shape index (κ3) is 3.96. The van der Waals surface area contributed by atoms with E-state index in [0.717, 1.165) is 0 Å². The highest BCUT2D eigenvalue weighted by atomic mass is 19.4. The Balaban J connectivity index is 2.45. The van der Waals surface area contributed by atoms with Gasteiger partial charge in [0.2, 0.25) is 5.91 Å². The van der Waals surface area contributed by atoms with Gasteiger partial charge in [-0.25, -0.2) is 4.98 Å². The van der Waals surface area contributed by atoms with E-state index in [1.807, 2.05) is 0 Å². The van der Waals surface area contributed by atoms with Crippen molar-refractivity contribution in [1.82, 2.24) is 20.5 Å². The topological polar surface area (TPSA) is 70.7 Å². The average molecular weight is 222 g/mol. The van der Waals surface area contributed by atoms with Crippen LogP contribution in [0.15, 0.2) is 6.33 Å². The molecule has 0 aliphatic rings. The smallest absolute Gasteiger partial charge is 0.346 e. The maximum atomic E-state index is 11.8. The fourth-order valence-electron chi connectivity index (χ4n) is 0.966. The molecule has 1 aromatic rings. The second kappa shape index (κ2) is 4.28. The summed E-state index contributed by atoms with van der Waals surface area (Å²) in [6.45, 7) is 1.51. The van der Waals surface area contributed by atoms with Crippen molar-refractivity contribution in [3.63, 3.8) is 0 Å². The molecule has 0 saturated carbocycles. The highest BCUT2D eigenvalue weighted by Gasteiger charge is 2.31. The van der Waals surface area contributed by atoms with Gasteiger partial charge in [0, 0.05) is 0 Å². The van der Waals surface area contributed by atoms with Crippen molar-refractivity contribution in [3.8, 4) is 0 Å². The van der Waals surface area contributed by atoms with Crippen LogP contribution in [0.3, 0.4) is 0 Å². The summed E-state index contributed by atoms with van der Waals surface area (Å²) in [7, 11) is 0. The van der Waals surface area contributed by atoms with Gasteiger partial charge in [0.05, 0.1) is 6.04 Å². The largest absolute Gasteiger partial charge is 0.397 e. The van der Waals surface area contributed by atoms with Crippen LogP contribution in [-0.4, -0.2) is 27.3 Å². The van der Waals surface area contributed by atoms with Gasteiger partial charge in [0.25, 0.3) is 0 Å². The zero-order chi connectivity index (χ0) is 11.5. The van der Waals surface area contributed by atoms with E-state index in [-0.39, 0.29) is 0 Å². The van der Waals surface area contributed by atoms with Gasteiger partial charge in [-0.05, 0) is 6.92 Å². The standard InChI is InChI=1S/C7H9F3N4O/c1-4(6-11-3-12-14-6)13-5(15)2-7(8,9)10/h3-4H,2H2,1H3,(H,13,15)(H,11,12,14). The fraction of sp³-hybridized carbons (Fsp3) is 0.571. The van der Waals surface area contributed by atoms with Gasteiger partial charge in [0.1, 0.15) is 18.6 Å². The second-order valence-corrected chi connectivity index (χ2v) is 2.95. The lowest BCUT2D eigenvalue weighted by Crippen LogP contribution is -2.31. The predicted octanol–water partition coefficient (Wildman–Crippen LogP) is 0.934. The van der Waals surface area contributed by atoms with Crippen LogP contribution in [0, 0.1) is 0 Å². The number of hydrogen-bond acceptors (Lipinski definition) is 3. The Labute approximate surface area is 83.1 Å². The highest BCUT2D eigenvalue weighted by Crippen LogP contribution is 2.19. The number of alkyl halides is 3. The third-order valence-corrected chi connectivity index (χ3v) is 1.58. The normalized spacial score (nSPS) is 13.6. The lowest BCUT2D eigenvalue weighted by Gasteiger charge is -2.11. The number of nitrogens with one attached hydrogen (secondary N) is 2. The van der Waals surface area contributed by atoms with E-state index in [9.17, 15) is 18.0 Å². The number of carbonyl (C=O) groups excluding carboxylic acids is 1. The summed E-state index contributed by atoms with van der Waals surface area (Å²) in [5, 5.41) is 8.11. The summed E-state index contributed by atoms with van der Waals surface area (Å²) in [4.78, 5) is 14.6. The number of halogens is 3. The van der Waals surface area contributed by atoms with E-state index in [0.29, 0.717) is 5.82 Å². The van der Waals surface area contributed by atoms with E-state index in [4.69, 9.17) is 0 Å². The number of carbonyl (C=O) groups is 1. The van der Waals surface area contributed by atoms with Crippen LogP contribution < -0.4 is 5.32 Å². The summed E-state index contributed by atoms with van der Waals surface area (Å²) in [5.74, 6) is -0.781. The first-order valence-electron chi connectivity index (χ1n) is 4.10. The van der Waals surface area contributed by atoms with Crippen LogP contribution in [0.5, 0.6) is 0 Å². The molecule has 0 saturated heterocycles. The van der Waals surface area contributed by atoms with E-state index in [1.165, 1.54) is 13.3 Å². The third-order valence-electron chi connectivity index (χ3n) is 1.58. The van der Waals surface area contributed by atoms with Crippen molar-refractivity contribution in [1.29, 1.82) is 0 Å². The molecule has 1 amide bonds. The van der Waals surface area contributed by atoms with Crippen LogP contribution in [0.25, 0.3) is 0 Å². The van der Waals surface area contributed by atoms with Crippen LogP contribution in [-0.2, 0) is 4.79 Å². The number of nitrogens with zero attached hydrogens (tertiary/aromatic N) is 2. The molecule has 8 heteroatoms. The van der Waals surface area contributed by atoms with Gasteiger partial charge in [-0.1, -0.05) is 0 Å². The van der Waals surface area contributed by atoms with Gasteiger partial charge < -0.3 is 5.32 Å². The molecule has 0 aromatic carbocycles. The van der Waals surface area contributed by atoms with Crippen LogP contribution >= 0.6 is 0 Å². The number of H-pyrrole nitrogens is 1. The van der Waals surface area contributed by atoms with Crippen molar-refractivity contribution in [2.45, 2.75) is 25.6 Å². The number of hydrogen-bond donors (Lipinski definition) is 2. The molecule has 0 aliphatic heterocycles. The minimum absolute atomic E-state index is 0.311. The molecule has 1 rings (SSSR count). The first-order valence-corrected chi connectivity index (χ1v) is 4.10. The lowest BCUT2D eigenvalue weighted by molar-refractivity contribution is -0.154. The van der Waals surface area contributed by atoms with Crippen LogP contribution in [0.4, 0.5) is 13.2 Å². The fourth-order valence-corrected chi connectivity index (χ4v) is 0.966. The second-order valence-electron chi connectivity index (χ2n) is 2.95. The van der Waals surface area contributed by atoms with E-state index in [1.54, 1.807) is 0 Å². The molecule has 0 radical (unpaired) electrons. The van der Waals surface area contributed by atoms with Crippen molar-refractivity contribution in [3.05, 3.63) is 12.2 Å². The van der Waals surface area contributed by atoms with E-state index < -0.39 is 24.5 Å². The van der Waals surface area contributed by atoms with Crippen molar-refractivity contribution < 1.29 is 18.0 Å². The average Bonchev–Trinajstić information content (AvgIpc) is 2.50. The molecule has 0 spiro atoms. The first-order chi connectivity index (χ1) is 6.88. The minimum Gasteiger partial charge on any atom is -0.346 e. The Kier molecular flexibility index (Phi) is 3.28. The summed E-state index contributed by atoms with van der Waals surface area (Å²) in [6.07, 6.45) is -4.78. The Hall–Kier alpha value is -1.60. The highest BCUT2D eigenvalue weighted by molar-refractivity contribution is 5.76. The SMILES string of the molecule is CC(NC(=O)CC(F)(F)F)c1ncn[nH]1. The molecule has 5 nitrogen and oxygen atoms in total. The molecule has 1 aromatic heterocycles. The zero-order valence-corrected chi connectivity index (χ0v) is 7.80. The maximum absolute atomic E-state index is 11.8. The van der Waals surface area contributed by atoms with Crippen LogP contribution in [0.2, 0.25) is 0 Å². The van der Waals surface area contributed by atoms with Crippen molar-refractivity contribution >= 4 is 5.91 Å². The van der Waals surface area contributed by atoms with Gasteiger partial charge in [-0.2, -0.15) is 18.3 Å². The number of rotatable bonds is 3. The molecule has 2 N–H and O–H groups in total. The lowest BCUT2D eigenvalue weighted by atomic mass is 10.3. The Morgan fingerprint density at radius 2 is 2.33 bits per heavy atom. The molecule has 0 aliphatic carbocycles. The van der Waals surface area contributed by atoms with Crippen LogP contribution in [0.1, 0.15) is 25.2 Å². The summed E-state index contributed by atoms with van der Waals surface area (Å²) in [6, 6.07) is -0.623. The monoisotopic (exact) mass is 222 g/mol. The Morgan fingerprint density at radius 1 is 1.67 bits per heavy atom. The van der Waals surface area contributed by atoms with Gasteiger partial charge >= 0.3 is 6.18 Å². The molecular formula is C7H9F3N4O. The molecule has 84 valence electrons. The molecule has 15 heavy (non-hydrogen) atoms. The molecule has 1 atom stereocenters. The summed E-state index contributed by atoms with van der Waals surface area (Å²) in [5.41, 5.74) is 0. The van der Waals surface area contributed by atoms with Gasteiger partial charge in [0.15, 0.2) is 0 Å². The first kappa shape index (κ1) is 11.5. The van der Waals surface area contributed by atoms with Gasteiger partial charge in [-0.15, -0.1) is 0 Å². The Bertz CT molecular complexity index is 321. The Morgan fingerprint density at radius 3 is 2.80 bits per heavy atom. The molecular weight excluding hydrogens is 213 g/mol. The molecule has 0 bridgehead atoms. The summed E-state index contributed by atoms with van der Waals surface area (Å²) < 4.78 is 35.4. The number of aromatic nitrogens is 3. The van der Waals surface area contributed by atoms with E-state index in [2.05, 4.69) is 20.5 Å². The molecule has 0 fully saturated rings. The molecule has 1 unspecified atom stereocenters. The predicted molar refractivity (Wildman–Crippen MR) is 43.6 cm³/mol. The summed E-state index contributed by atoms with van der Waals surface area (Å²) >= 11 is 0. The maximum Gasteiger partial charge on any atom is 0.397 e. The zero-order valence-electron chi connectivity index (χ0n) is 7.80. The number of aromatic amines is 1. The minimum atomic E-state index is -4.49.